The summed E-state index contributed by atoms with van der Waals surface area (Å²) in [5, 5.41) is 20.9. The lowest BCUT2D eigenvalue weighted by Gasteiger charge is -2.43. The maximum Gasteiger partial charge on any atom is 0.452 e. The van der Waals surface area contributed by atoms with Crippen LogP contribution < -0.4 is 11.2 Å². The van der Waals surface area contributed by atoms with Crippen molar-refractivity contribution in [2.45, 2.75) is 78.2 Å². The number of nitrogens with zero attached hydrogens (tertiary/aromatic N) is 1. The zero-order valence-corrected chi connectivity index (χ0v) is 19.7. The highest BCUT2D eigenvalue weighted by Crippen LogP contribution is 2.22. The number of aliphatic hydroxyl groups excluding tert-OH is 1. The van der Waals surface area contributed by atoms with Crippen molar-refractivity contribution in [3.05, 3.63) is 35.9 Å². The Morgan fingerprint density at radius 2 is 1.77 bits per heavy atom. The Bertz CT molecular complexity index is 705. The summed E-state index contributed by atoms with van der Waals surface area (Å²) in [6.07, 6.45) is -1.02. The number of carbonyl (C=O) groups is 2. The monoisotopic (exact) mass is 438 g/mol. The topological polar surface area (TPSA) is 122 Å². The van der Waals surface area contributed by atoms with Crippen LogP contribution in [0.1, 0.15) is 53.5 Å². The molecule has 8 heteroatoms. The maximum atomic E-state index is 12.6. The van der Waals surface area contributed by atoms with Crippen LogP contribution in [0.3, 0.4) is 0 Å². The number of carbonyl (C=O) groups excluding carboxylic acids is 1. The van der Waals surface area contributed by atoms with Crippen LogP contribution in [0.4, 0.5) is 4.79 Å². The van der Waals surface area contributed by atoms with Gasteiger partial charge in [0, 0.05) is 12.5 Å². The van der Waals surface area contributed by atoms with Crippen molar-refractivity contribution < 1.29 is 29.1 Å². The molecule has 1 amide bonds. The molecule has 5 N–H and O–H groups in total. The minimum Gasteiger partial charge on any atom is -0.477 e. The van der Waals surface area contributed by atoms with Gasteiger partial charge in [0.1, 0.15) is 18.2 Å². The number of benzene rings is 1. The van der Waals surface area contributed by atoms with Gasteiger partial charge in [-0.1, -0.05) is 44.2 Å². The molecular formula is C23H40N3O5+. The Labute approximate surface area is 185 Å². The standard InChI is InChI=1S/C23H39N3O5/c1-7-26(19(21(28)29)13-16(2)3,25-22(30)31-23(4,5)6)15-20(27)18(24)14-17-11-9-8-10-12-17/h8-12,16,18-20,27H,7,13-15,24H2,1-6H3,(H-,25,28,29,30)/p+1/t18-,19?,20+,26?/m0/s1. The van der Waals surface area contributed by atoms with Crippen molar-refractivity contribution >= 4 is 12.1 Å². The summed E-state index contributed by atoms with van der Waals surface area (Å²) in [6.45, 7) is 11.0. The molecule has 0 heterocycles. The Kier molecular flexibility index (Phi) is 9.93. The predicted molar refractivity (Wildman–Crippen MR) is 120 cm³/mol. The molecule has 0 spiro atoms. The van der Waals surface area contributed by atoms with Crippen molar-refractivity contribution in [1.29, 1.82) is 0 Å². The molecule has 0 aliphatic heterocycles. The Hall–Kier alpha value is -2.16. The van der Waals surface area contributed by atoms with Gasteiger partial charge in [-0.3, -0.25) is 0 Å². The minimum atomic E-state index is -1.05. The molecule has 176 valence electrons. The number of aliphatic carboxylic acids is 1. The number of nitrogens with one attached hydrogen (secondary N) is 1. The molecule has 1 rings (SSSR count). The SMILES string of the molecule is CC[N+](C[C@@H](O)[C@@H](N)Cc1ccccc1)(NC(=O)OC(C)(C)C)C(CC(C)C)C(=O)O. The summed E-state index contributed by atoms with van der Waals surface area (Å²) in [7, 11) is 0. The van der Waals surface area contributed by atoms with Crippen molar-refractivity contribution in [2.75, 3.05) is 13.1 Å². The fourth-order valence-electron chi connectivity index (χ4n) is 3.61. The van der Waals surface area contributed by atoms with Crippen molar-refractivity contribution in [2.24, 2.45) is 11.7 Å². The van der Waals surface area contributed by atoms with Crippen LogP contribution in [0, 0.1) is 5.92 Å². The summed E-state index contributed by atoms with van der Waals surface area (Å²) in [5.41, 5.74) is 9.25. The second-order valence-electron chi connectivity index (χ2n) is 9.55. The van der Waals surface area contributed by atoms with E-state index in [2.05, 4.69) is 5.43 Å². The number of aliphatic hydroxyl groups is 1. The normalized spacial score (nSPS) is 16.8. The highest BCUT2D eigenvalue weighted by Gasteiger charge is 2.46. The molecule has 2 unspecified atom stereocenters. The van der Waals surface area contributed by atoms with Crippen molar-refractivity contribution in [3.63, 3.8) is 0 Å². The van der Waals surface area contributed by atoms with E-state index in [-0.39, 0.29) is 23.6 Å². The first kappa shape index (κ1) is 26.9. The first-order valence-corrected chi connectivity index (χ1v) is 10.9. The van der Waals surface area contributed by atoms with Crippen LogP contribution in [0.15, 0.2) is 30.3 Å². The van der Waals surface area contributed by atoms with E-state index in [0.717, 1.165) is 5.56 Å². The first-order chi connectivity index (χ1) is 14.3. The van der Waals surface area contributed by atoms with Crippen LogP contribution in [-0.2, 0) is 16.0 Å². The second-order valence-corrected chi connectivity index (χ2v) is 9.55. The number of carboxylic acid groups (broad SMARTS) is 1. The van der Waals surface area contributed by atoms with Gasteiger partial charge >= 0.3 is 12.1 Å². The fourth-order valence-corrected chi connectivity index (χ4v) is 3.61. The summed E-state index contributed by atoms with van der Waals surface area (Å²) < 4.78 is 5.04. The molecule has 0 saturated carbocycles. The molecule has 1 aromatic carbocycles. The number of likely N-dealkylation sites (N-methyl/N-ethyl adjacent to an activating group) is 1. The number of ether oxygens (including phenoxy) is 1. The van der Waals surface area contributed by atoms with E-state index in [1.165, 1.54) is 0 Å². The largest absolute Gasteiger partial charge is 0.477 e. The summed E-state index contributed by atoms with van der Waals surface area (Å²) in [6, 6.07) is 7.95. The molecule has 0 aromatic heterocycles. The molecule has 0 saturated heterocycles. The van der Waals surface area contributed by atoms with Gasteiger partial charge in [0.05, 0.1) is 6.54 Å². The van der Waals surface area contributed by atoms with E-state index >= 15 is 0 Å². The van der Waals surface area contributed by atoms with Crippen LogP contribution >= 0.6 is 0 Å². The summed E-state index contributed by atoms with van der Waals surface area (Å²) in [5.74, 6) is -0.976. The number of nitrogens with two attached hydrogens (primary N) is 1. The van der Waals surface area contributed by atoms with Gasteiger partial charge in [0.25, 0.3) is 0 Å². The molecule has 0 aliphatic rings. The Morgan fingerprint density at radius 1 is 1.19 bits per heavy atom. The predicted octanol–water partition coefficient (Wildman–Crippen LogP) is 2.69. The lowest BCUT2D eigenvalue weighted by molar-refractivity contribution is -0.977. The third-order valence-electron chi connectivity index (χ3n) is 5.17. The van der Waals surface area contributed by atoms with Gasteiger partial charge in [0.2, 0.25) is 6.04 Å². The minimum absolute atomic E-state index is 0.0482. The van der Waals surface area contributed by atoms with E-state index in [4.69, 9.17) is 10.5 Å². The van der Waals surface area contributed by atoms with E-state index in [1.807, 2.05) is 44.2 Å². The number of hydrogen-bond acceptors (Lipinski definition) is 5. The Morgan fingerprint density at radius 3 is 2.23 bits per heavy atom. The van der Waals surface area contributed by atoms with E-state index in [0.29, 0.717) is 12.8 Å². The highest BCUT2D eigenvalue weighted by molar-refractivity contribution is 5.73. The van der Waals surface area contributed by atoms with Crippen molar-refractivity contribution in [3.8, 4) is 0 Å². The third kappa shape index (κ3) is 8.85. The Balaban J connectivity index is 3.19. The quantitative estimate of drug-likeness (QED) is 0.311. The number of amides is 1. The molecule has 8 nitrogen and oxygen atoms in total. The molecule has 0 aliphatic carbocycles. The van der Waals surface area contributed by atoms with E-state index in [9.17, 15) is 19.8 Å². The zero-order valence-electron chi connectivity index (χ0n) is 19.7. The lowest BCUT2D eigenvalue weighted by Crippen LogP contribution is -2.71. The van der Waals surface area contributed by atoms with E-state index < -0.39 is 35.9 Å². The molecule has 0 radical (unpaired) electrons. The van der Waals surface area contributed by atoms with Gasteiger partial charge in [-0.15, -0.1) is 0 Å². The van der Waals surface area contributed by atoms with Gasteiger partial charge in [-0.05, 0) is 45.6 Å². The van der Waals surface area contributed by atoms with Crippen LogP contribution in [0.25, 0.3) is 0 Å². The number of rotatable bonds is 11. The summed E-state index contributed by atoms with van der Waals surface area (Å²) >= 11 is 0. The lowest BCUT2D eigenvalue weighted by atomic mass is 9.98. The van der Waals surface area contributed by atoms with Gasteiger partial charge in [-0.2, -0.15) is 5.43 Å². The average Bonchev–Trinajstić information content (AvgIpc) is 2.64. The smallest absolute Gasteiger partial charge is 0.452 e. The molecular weight excluding hydrogens is 398 g/mol. The third-order valence-corrected chi connectivity index (χ3v) is 5.17. The number of hydrogen-bond donors (Lipinski definition) is 4. The maximum absolute atomic E-state index is 12.6. The van der Waals surface area contributed by atoms with Gasteiger partial charge in [0.15, 0.2) is 0 Å². The number of carboxylic acids is 1. The molecule has 4 atom stereocenters. The average molecular weight is 439 g/mol. The zero-order chi connectivity index (χ0) is 23.8. The number of quaternary nitrogens is 1. The van der Waals surface area contributed by atoms with Gasteiger partial charge < -0.3 is 20.7 Å². The first-order valence-electron chi connectivity index (χ1n) is 10.9. The molecule has 0 bridgehead atoms. The van der Waals surface area contributed by atoms with Crippen LogP contribution in [-0.4, -0.2) is 63.7 Å². The molecule has 1 aromatic rings. The van der Waals surface area contributed by atoms with E-state index in [1.54, 1.807) is 27.7 Å². The fraction of sp³-hybridized carbons (Fsp3) is 0.652. The van der Waals surface area contributed by atoms with Gasteiger partial charge in [-0.25, -0.2) is 14.2 Å². The van der Waals surface area contributed by atoms with Crippen LogP contribution in [0.5, 0.6) is 0 Å². The van der Waals surface area contributed by atoms with Crippen molar-refractivity contribution in [1.82, 2.24) is 5.43 Å². The highest BCUT2D eigenvalue weighted by atomic mass is 16.6. The molecule has 0 fully saturated rings. The van der Waals surface area contributed by atoms with Crippen LogP contribution in [0.2, 0.25) is 0 Å². The second kappa shape index (κ2) is 11.5. The molecule has 31 heavy (non-hydrogen) atoms. The summed E-state index contributed by atoms with van der Waals surface area (Å²) in [4.78, 5) is 24.9.